The summed E-state index contributed by atoms with van der Waals surface area (Å²) >= 11 is 0. The second-order valence-corrected chi connectivity index (χ2v) is 7.22. The number of rotatable bonds is 4. The normalized spacial score (nSPS) is 24.6. The molecule has 0 radical (unpaired) electrons. The molecular formula is C17H31N5O3. The molecule has 0 unspecified atom stereocenters. The molecule has 142 valence electrons. The predicted molar refractivity (Wildman–Crippen MR) is 93.8 cm³/mol. The number of aliphatic hydroxyl groups excluding tert-OH is 1. The van der Waals surface area contributed by atoms with E-state index in [1.807, 2.05) is 25.7 Å². The van der Waals surface area contributed by atoms with Gasteiger partial charge in [-0.1, -0.05) is 12.1 Å². The number of ether oxygens (including phenoxy) is 1. The third-order valence-electron chi connectivity index (χ3n) is 4.68. The SMILES string of the molecule is C[C@H]1CN([C@@H](C)CO)C(=O)CCCn2nncc2CO[C@@H]1CN(C)C. The fraction of sp³-hybridized carbons (Fsp3) is 0.824. The van der Waals surface area contributed by atoms with Crippen LogP contribution in [-0.4, -0.2) is 81.7 Å². The molecule has 1 amide bonds. The largest absolute Gasteiger partial charge is 0.394 e. The Bertz CT molecular complexity index is 548. The molecule has 0 bridgehead atoms. The monoisotopic (exact) mass is 353 g/mol. The van der Waals surface area contributed by atoms with Gasteiger partial charge in [0.15, 0.2) is 0 Å². The Morgan fingerprint density at radius 3 is 2.92 bits per heavy atom. The van der Waals surface area contributed by atoms with Crippen LogP contribution in [0.15, 0.2) is 6.20 Å². The molecule has 8 nitrogen and oxygen atoms in total. The number of carbonyl (C=O) groups excluding carboxylic acids is 1. The zero-order valence-corrected chi connectivity index (χ0v) is 15.8. The second kappa shape index (κ2) is 9.26. The van der Waals surface area contributed by atoms with Crippen molar-refractivity contribution in [1.82, 2.24) is 24.8 Å². The molecule has 1 aliphatic heterocycles. The zero-order valence-electron chi connectivity index (χ0n) is 15.8. The molecule has 2 rings (SSSR count). The Morgan fingerprint density at radius 1 is 1.48 bits per heavy atom. The van der Waals surface area contributed by atoms with Crippen molar-refractivity contribution in [3.8, 4) is 0 Å². The minimum atomic E-state index is -0.195. The van der Waals surface area contributed by atoms with Crippen LogP contribution in [0, 0.1) is 5.92 Å². The number of aromatic nitrogens is 3. The summed E-state index contributed by atoms with van der Waals surface area (Å²) in [7, 11) is 4.02. The number of aliphatic hydroxyl groups is 1. The first-order valence-electron chi connectivity index (χ1n) is 8.96. The summed E-state index contributed by atoms with van der Waals surface area (Å²) in [6, 6.07) is -0.195. The van der Waals surface area contributed by atoms with Gasteiger partial charge in [0.25, 0.3) is 0 Å². The number of fused-ring (bicyclic) bond motifs is 1. The Labute approximate surface area is 149 Å². The molecule has 1 aromatic rings. The number of hydrogen-bond acceptors (Lipinski definition) is 6. The van der Waals surface area contributed by atoms with Gasteiger partial charge in [0, 0.05) is 32.0 Å². The van der Waals surface area contributed by atoms with E-state index in [1.54, 1.807) is 11.1 Å². The quantitative estimate of drug-likeness (QED) is 0.842. The lowest BCUT2D eigenvalue weighted by atomic mass is 10.0. The Balaban J connectivity index is 2.22. The van der Waals surface area contributed by atoms with Crippen LogP contribution >= 0.6 is 0 Å². The molecule has 0 saturated heterocycles. The topological polar surface area (TPSA) is 83.7 Å². The summed E-state index contributed by atoms with van der Waals surface area (Å²) in [6.45, 7) is 6.38. The minimum Gasteiger partial charge on any atom is -0.394 e. The van der Waals surface area contributed by atoms with E-state index >= 15 is 0 Å². The highest BCUT2D eigenvalue weighted by Crippen LogP contribution is 2.17. The van der Waals surface area contributed by atoms with Gasteiger partial charge in [-0.3, -0.25) is 4.79 Å². The van der Waals surface area contributed by atoms with Crippen LogP contribution in [0.25, 0.3) is 0 Å². The van der Waals surface area contributed by atoms with Crippen LogP contribution in [-0.2, 0) is 22.7 Å². The van der Waals surface area contributed by atoms with Crippen LogP contribution in [0.1, 0.15) is 32.4 Å². The number of carbonyl (C=O) groups is 1. The fourth-order valence-electron chi connectivity index (χ4n) is 3.11. The summed E-state index contributed by atoms with van der Waals surface area (Å²) in [5.74, 6) is 0.211. The zero-order chi connectivity index (χ0) is 18.4. The lowest BCUT2D eigenvalue weighted by Gasteiger charge is -2.35. The van der Waals surface area contributed by atoms with E-state index in [4.69, 9.17) is 4.74 Å². The van der Waals surface area contributed by atoms with E-state index in [-0.39, 0.29) is 30.6 Å². The molecule has 0 aromatic carbocycles. The average molecular weight is 353 g/mol. The molecule has 0 spiro atoms. The van der Waals surface area contributed by atoms with Crippen molar-refractivity contribution in [2.45, 2.75) is 52.0 Å². The van der Waals surface area contributed by atoms with Crippen LogP contribution in [0.4, 0.5) is 0 Å². The third-order valence-corrected chi connectivity index (χ3v) is 4.68. The van der Waals surface area contributed by atoms with Crippen molar-refractivity contribution in [2.24, 2.45) is 5.92 Å². The molecule has 1 N–H and O–H groups in total. The smallest absolute Gasteiger partial charge is 0.222 e. The van der Waals surface area contributed by atoms with Gasteiger partial charge in [0.2, 0.25) is 5.91 Å². The highest BCUT2D eigenvalue weighted by atomic mass is 16.5. The van der Waals surface area contributed by atoms with Crippen molar-refractivity contribution < 1.29 is 14.6 Å². The van der Waals surface area contributed by atoms with Crippen molar-refractivity contribution >= 4 is 5.91 Å². The number of amides is 1. The van der Waals surface area contributed by atoms with E-state index in [1.165, 1.54) is 0 Å². The van der Waals surface area contributed by atoms with Gasteiger partial charge < -0.3 is 19.6 Å². The molecule has 8 heteroatoms. The Morgan fingerprint density at radius 2 is 2.24 bits per heavy atom. The lowest BCUT2D eigenvalue weighted by Crippen LogP contribution is -2.47. The van der Waals surface area contributed by atoms with Gasteiger partial charge in [0.1, 0.15) is 0 Å². The second-order valence-electron chi connectivity index (χ2n) is 7.22. The summed E-state index contributed by atoms with van der Waals surface area (Å²) in [5, 5.41) is 17.6. The molecule has 1 aliphatic rings. The standard InChI is InChI=1S/C17H31N5O3/c1-13-9-21(14(2)11-23)17(24)6-5-7-22-15(8-18-19-22)12-25-16(13)10-20(3)4/h8,13-14,16,23H,5-7,9-12H2,1-4H3/t13-,14-,16+/m0/s1. The van der Waals surface area contributed by atoms with Crippen LogP contribution in [0.2, 0.25) is 0 Å². The maximum atomic E-state index is 12.7. The molecule has 3 atom stereocenters. The van der Waals surface area contributed by atoms with E-state index in [0.29, 0.717) is 32.5 Å². The van der Waals surface area contributed by atoms with Crippen LogP contribution in [0.5, 0.6) is 0 Å². The van der Waals surface area contributed by atoms with Gasteiger partial charge in [-0.05, 0) is 27.4 Å². The summed E-state index contributed by atoms with van der Waals surface area (Å²) < 4.78 is 7.99. The lowest BCUT2D eigenvalue weighted by molar-refractivity contribution is -0.136. The van der Waals surface area contributed by atoms with Gasteiger partial charge in [-0.25, -0.2) is 4.68 Å². The number of aryl methyl sites for hydroxylation is 1. The first kappa shape index (κ1) is 19.8. The molecule has 25 heavy (non-hydrogen) atoms. The number of likely N-dealkylation sites (N-methyl/N-ethyl adjacent to an activating group) is 1. The first-order chi connectivity index (χ1) is 11.9. The maximum Gasteiger partial charge on any atom is 0.222 e. The van der Waals surface area contributed by atoms with Gasteiger partial charge >= 0.3 is 0 Å². The molecule has 0 aliphatic carbocycles. The molecule has 0 saturated carbocycles. The van der Waals surface area contributed by atoms with E-state index in [0.717, 1.165) is 12.2 Å². The highest BCUT2D eigenvalue weighted by Gasteiger charge is 2.27. The van der Waals surface area contributed by atoms with E-state index in [2.05, 4.69) is 22.1 Å². The number of hydrogen-bond donors (Lipinski definition) is 1. The fourth-order valence-corrected chi connectivity index (χ4v) is 3.11. The highest BCUT2D eigenvalue weighted by molar-refractivity contribution is 5.76. The average Bonchev–Trinajstić information content (AvgIpc) is 3.01. The third kappa shape index (κ3) is 5.49. The number of nitrogens with zero attached hydrogens (tertiary/aromatic N) is 5. The predicted octanol–water partition coefficient (Wildman–Crippen LogP) is 0.364. The Hall–Kier alpha value is -1.51. The molecule has 1 aromatic heterocycles. The Kier molecular flexibility index (Phi) is 7.34. The van der Waals surface area contributed by atoms with Crippen molar-refractivity contribution in [3.63, 3.8) is 0 Å². The summed E-state index contributed by atoms with van der Waals surface area (Å²) in [5.41, 5.74) is 0.935. The molecule has 2 heterocycles. The van der Waals surface area contributed by atoms with Gasteiger partial charge in [-0.2, -0.15) is 0 Å². The van der Waals surface area contributed by atoms with Crippen LogP contribution in [0.3, 0.4) is 0 Å². The van der Waals surface area contributed by atoms with Gasteiger partial charge in [-0.15, -0.1) is 5.10 Å². The van der Waals surface area contributed by atoms with Crippen molar-refractivity contribution in [3.05, 3.63) is 11.9 Å². The van der Waals surface area contributed by atoms with Gasteiger partial charge in [0.05, 0.1) is 37.3 Å². The molecular weight excluding hydrogens is 322 g/mol. The van der Waals surface area contributed by atoms with E-state index < -0.39 is 0 Å². The molecule has 0 fully saturated rings. The van der Waals surface area contributed by atoms with Crippen LogP contribution < -0.4 is 0 Å². The minimum absolute atomic E-state index is 0.0287. The van der Waals surface area contributed by atoms with E-state index in [9.17, 15) is 9.90 Å². The maximum absolute atomic E-state index is 12.7. The first-order valence-corrected chi connectivity index (χ1v) is 8.96. The summed E-state index contributed by atoms with van der Waals surface area (Å²) in [6.07, 6.45) is 2.83. The van der Waals surface area contributed by atoms with Crippen molar-refractivity contribution in [1.29, 1.82) is 0 Å². The van der Waals surface area contributed by atoms with Crippen molar-refractivity contribution in [2.75, 3.05) is 33.8 Å². The summed E-state index contributed by atoms with van der Waals surface area (Å²) in [4.78, 5) is 16.6.